The number of anilines is 1. The van der Waals surface area contributed by atoms with Crippen LogP contribution in [0.2, 0.25) is 0 Å². The first kappa shape index (κ1) is 10.3. The van der Waals surface area contributed by atoms with Crippen LogP contribution in [0.3, 0.4) is 0 Å². The summed E-state index contributed by atoms with van der Waals surface area (Å²) >= 11 is 0. The van der Waals surface area contributed by atoms with Crippen molar-refractivity contribution in [2.45, 2.75) is 13.0 Å². The van der Waals surface area contributed by atoms with Crippen LogP contribution >= 0.6 is 0 Å². The molecule has 15 heavy (non-hydrogen) atoms. The number of quaternary nitrogens is 1. The molecule has 0 unspecified atom stereocenters. The molecule has 0 aliphatic carbocycles. The fraction of sp³-hybridized carbons (Fsp3) is 0.500. The van der Waals surface area contributed by atoms with Crippen molar-refractivity contribution in [2.24, 2.45) is 0 Å². The van der Waals surface area contributed by atoms with Crippen LogP contribution in [0.15, 0.2) is 24.3 Å². The van der Waals surface area contributed by atoms with Crippen LogP contribution in [0.5, 0.6) is 5.75 Å². The van der Waals surface area contributed by atoms with Gasteiger partial charge in [0.15, 0.2) is 0 Å². The number of benzene rings is 1. The van der Waals surface area contributed by atoms with E-state index in [0.717, 1.165) is 12.3 Å². The highest BCUT2D eigenvalue weighted by molar-refractivity contribution is 5.50. The lowest BCUT2D eigenvalue weighted by molar-refractivity contribution is -0.659. The lowest BCUT2D eigenvalue weighted by atomic mass is 10.2. The van der Waals surface area contributed by atoms with E-state index >= 15 is 0 Å². The first-order valence-electron chi connectivity index (χ1n) is 5.53. The molecule has 0 aromatic heterocycles. The SMILES string of the molecule is COc1ccc(N2CC[NH2+]C[C@H]2C)cc1. The zero-order valence-corrected chi connectivity index (χ0v) is 9.44. The Morgan fingerprint density at radius 1 is 1.33 bits per heavy atom. The maximum atomic E-state index is 5.16. The van der Waals surface area contributed by atoms with Gasteiger partial charge in [0.05, 0.1) is 32.8 Å². The predicted molar refractivity (Wildman–Crippen MR) is 61.5 cm³/mol. The van der Waals surface area contributed by atoms with Gasteiger partial charge in [0, 0.05) is 5.69 Å². The predicted octanol–water partition coefficient (Wildman–Crippen LogP) is 0.467. The maximum Gasteiger partial charge on any atom is 0.119 e. The van der Waals surface area contributed by atoms with E-state index in [1.165, 1.54) is 18.8 Å². The van der Waals surface area contributed by atoms with Crippen LogP contribution in [0.4, 0.5) is 5.69 Å². The van der Waals surface area contributed by atoms with Crippen LogP contribution in [0.1, 0.15) is 6.92 Å². The van der Waals surface area contributed by atoms with Gasteiger partial charge < -0.3 is 15.0 Å². The Morgan fingerprint density at radius 3 is 2.67 bits per heavy atom. The summed E-state index contributed by atoms with van der Waals surface area (Å²) in [6.45, 7) is 5.79. The quantitative estimate of drug-likeness (QED) is 0.763. The van der Waals surface area contributed by atoms with Crippen LogP contribution in [0.25, 0.3) is 0 Å². The first-order valence-corrected chi connectivity index (χ1v) is 5.53. The van der Waals surface area contributed by atoms with Crippen molar-refractivity contribution >= 4 is 5.69 Å². The summed E-state index contributed by atoms with van der Waals surface area (Å²) in [6.07, 6.45) is 0. The van der Waals surface area contributed by atoms with Crippen LogP contribution in [-0.2, 0) is 0 Å². The third-order valence-electron chi connectivity index (χ3n) is 3.02. The van der Waals surface area contributed by atoms with Crippen molar-refractivity contribution in [3.63, 3.8) is 0 Å². The van der Waals surface area contributed by atoms with Crippen molar-refractivity contribution in [2.75, 3.05) is 31.6 Å². The van der Waals surface area contributed by atoms with E-state index < -0.39 is 0 Å². The Morgan fingerprint density at radius 2 is 2.07 bits per heavy atom. The highest BCUT2D eigenvalue weighted by Gasteiger charge is 2.20. The molecule has 3 heteroatoms. The fourth-order valence-electron chi connectivity index (χ4n) is 2.09. The van der Waals surface area contributed by atoms with Crippen LogP contribution in [0, 0.1) is 0 Å². The lowest BCUT2D eigenvalue weighted by Gasteiger charge is -2.33. The molecule has 82 valence electrons. The minimum atomic E-state index is 0.618. The third-order valence-corrected chi connectivity index (χ3v) is 3.02. The standard InChI is InChI=1S/C12H18N2O/c1-10-9-13-7-8-14(10)11-3-5-12(15-2)6-4-11/h3-6,10,13H,7-9H2,1-2H3/p+1/t10-/m1/s1. The number of methoxy groups -OCH3 is 1. The Labute approximate surface area is 91.0 Å². The lowest BCUT2D eigenvalue weighted by Crippen LogP contribution is -2.91. The number of nitrogens with zero attached hydrogens (tertiary/aromatic N) is 1. The average Bonchev–Trinajstić information content (AvgIpc) is 2.30. The molecule has 2 rings (SSSR count). The van der Waals surface area contributed by atoms with Gasteiger partial charge >= 0.3 is 0 Å². The first-order chi connectivity index (χ1) is 7.31. The molecular weight excluding hydrogens is 188 g/mol. The van der Waals surface area contributed by atoms with Gasteiger partial charge in [-0.25, -0.2) is 0 Å². The van der Waals surface area contributed by atoms with Gasteiger partial charge in [-0.1, -0.05) is 0 Å². The second-order valence-corrected chi connectivity index (χ2v) is 4.05. The largest absolute Gasteiger partial charge is 0.497 e. The average molecular weight is 207 g/mol. The number of hydrogen-bond donors (Lipinski definition) is 1. The van der Waals surface area contributed by atoms with E-state index in [1.54, 1.807) is 7.11 Å². The molecule has 1 atom stereocenters. The molecule has 0 bridgehead atoms. The minimum Gasteiger partial charge on any atom is -0.497 e. The molecule has 2 N–H and O–H groups in total. The molecule has 0 radical (unpaired) electrons. The molecule has 1 aromatic rings. The molecule has 1 aromatic carbocycles. The summed E-state index contributed by atoms with van der Waals surface area (Å²) in [4.78, 5) is 2.46. The Kier molecular flexibility index (Phi) is 3.11. The zero-order valence-electron chi connectivity index (χ0n) is 9.44. The summed E-state index contributed by atoms with van der Waals surface area (Å²) < 4.78 is 5.16. The molecule has 1 aliphatic heterocycles. The summed E-state index contributed by atoms with van der Waals surface area (Å²) in [5, 5.41) is 2.38. The van der Waals surface area contributed by atoms with E-state index in [4.69, 9.17) is 4.74 Å². The second-order valence-electron chi connectivity index (χ2n) is 4.05. The van der Waals surface area contributed by atoms with E-state index in [9.17, 15) is 0 Å². The maximum absolute atomic E-state index is 5.16. The minimum absolute atomic E-state index is 0.618. The Bertz CT molecular complexity index is 310. The highest BCUT2D eigenvalue weighted by atomic mass is 16.5. The third kappa shape index (κ3) is 2.23. The fourth-order valence-corrected chi connectivity index (χ4v) is 2.09. The van der Waals surface area contributed by atoms with Crippen LogP contribution < -0.4 is 15.0 Å². The number of rotatable bonds is 2. The van der Waals surface area contributed by atoms with Gasteiger partial charge in [-0.3, -0.25) is 0 Å². The summed E-state index contributed by atoms with van der Waals surface area (Å²) in [7, 11) is 1.70. The molecule has 1 heterocycles. The van der Waals surface area contributed by atoms with Gasteiger partial charge in [-0.2, -0.15) is 0 Å². The second kappa shape index (κ2) is 4.53. The topological polar surface area (TPSA) is 29.1 Å². The van der Waals surface area contributed by atoms with E-state index in [-0.39, 0.29) is 0 Å². The Hall–Kier alpha value is -1.22. The number of nitrogens with two attached hydrogens (primary N) is 1. The molecule has 0 amide bonds. The van der Waals surface area contributed by atoms with Crippen molar-refractivity contribution in [3.05, 3.63) is 24.3 Å². The molecule has 3 nitrogen and oxygen atoms in total. The summed E-state index contributed by atoms with van der Waals surface area (Å²) in [5.74, 6) is 0.926. The summed E-state index contributed by atoms with van der Waals surface area (Å²) in [6, 6.07) is 8.95. The number of ether oxygens (including phenoxy) is 1. The van der Waals surface area contributed by atoms with E-state index in [1.807, 2.05) is 12.1 Å². The molecule has 0 saturated carbocycles. The monoisotopic (exact) mass is 207 g/mol. The Balaban J connectivity index is 2.13. The zero-order chi connectivity index (χ0) is 10.7. The van der Waals surface area contributed by atoms with Crippen molar-refractivity contribution in [1.82, 2.24) is 0 Å². The van der Waals surface area contributed by atoms with Gasteiger partial charge in [-0.15, -0.1) is 0 Å². The summed E-state index contributed by atoms with van der Waals surface area (Å²) in [5.41, 5.74) is 1.30. The van der Waals surface area contributed by atoms with Gasteiger partial charge in [-0.05, 0) is 31.2 Å². The van der Waals surface area contributed by atoms with Crippen molar-refractivity contribution in [1.29, 1.82) is 0 Å². The smallest absolute Gasteiger partial charge is 0.119 e. The number of piperazine rings is 1. The van der Waals surface area contributed by atoms with Crippen molar-refractivity contribution < 1.29 is 10.1 Å². The molecule has 1 aliphatic rings. The van der Waals surface area contributed by atoms with Crippen LogP contribution in [-0.4, -0.2) is 32.8 Å². The molecular formula is C12H19N2O+. The van der Waals surface area contributed by atoms with Gasteiger partial charge in [0.1, 0.15) is 5.75 Å². The molecule has 1 saturated heterocycles. The normalized spacial score (nSPS) is 21.5. The van der Waals surface area contributed by atoms with Gasteiger partial charge in [0.2, 0.25) is 0 Å². The highest BCUT2D eigenvalue weighted by Crippen LogP contribution is 2.20. The molecule has 0 spiro atoms. The van der Waals surface area contributed by atoms with Gasteiger partial charge in [0.25, 0.3) is 0 Å². The molecule has 1 fully saturated rings. The van der Waals surface area contributed by atoms with E-state index in [0.29, 0.717) is 6.04 Å². The number of hydrogen-bond acceptors (Lipinski definition) is 2. The van der Waals surface area contributed by atoms with E-state index in [2.05, 4.69) is 29.3 Å². The van der Waals surface area contributed by atoms with Crippen molar-refractivity contribution in [3.8, 4) is 5.75 Å².